The zero-order valence-corrected chi connectivity index (χ0v) is 10.4. The molecule has 0 radical (unpaired) electrons. The first-order chi connectivity index (χ1) is 8.59. The number of aromatic nitrogens is 1. The molecule has 1 aromatic carbocycles. The van der Waals surface area contributed by atoms with Crippen molar-refractivity contribution in [2.45, 2.75) is 6.42 Å². The van der Waals surface area contributed by atoms with E-state index in [1.807, 2.05) is 24.3 Å². The highest BCUT2D eigenvalue weighted by molar-refractivity contribution is 7.80. The van der Waals surface area contributed by atoms with Gasteiger partial charge in [-0.1, -0.05) is 18.2 Å². The predicted molar refractivity (Wildman–Crippen MR) is 73.8 cm³/mol. The highest BCUT2D eigenvalue weighted by Gasteiger charge is 2.16. The fourth-order valence-electron chi connectivity index (χ4n) is 1.95. The average Bonchev–Trinajstić information content (AvgIpc) is 2.68. The second kappa shape index (κ2) is 5.05. The van der Waals surface area contributed by atoms with Crippen LogP contribution in [0.3, 0.4) is 0 Å². The summed E-state index contributed by atoms with van der Waals surface area (Å²) >= 11 is 4.71. The molecule has 0 unspecified atom stereocenters. The molecular formula is C12H13N3O2S. The summed E-state index contributed by atoms with van der Waals surface area (Å²) in [5, 5.41) is 13.1. The number of carboxylic acid groups (broad SMARTS) is 1. The van der Waals surface area contributed by atoms with Crippen molar-refractivity contribution in [3.05, 3.63) is 35.5 Å². The van der Waals surface area contributed by atoms with Crippen molar-refractivity contribution in [2.75, 3.05) is 6.54 Å². The van der Waals surface area contributed by atoms with Gasteiger partial charge in [0.15, 0.2) is 5.11 Å². The molecule has 0 atom stereocenters. The average molecular weight is 263 g/mol. The van der Waals surface area contributed by atoms with E-state index >= 15 is 0 Å². The number of aromatic carboxylic acids is 1. The van der Waals surface area contributed by atoms with Crippen molar-refractivity contribution in [2.24, 2.45) is 5.73 Å². The van der Waals surface area contributed by atoms with Gasteiger partial charge in [-0.15, -0.1) is 0 Å². The summed E-state index contributed by atoms with van der Waals surface area (Å²) in [6.07, 6.45) is 0.545. The zero-order valence-electron chi connectivity index (χ0n) is 9.56. The van der Waals surface area contributed by atoms with Crippen molar-refractivity contribution < 1.29 is 9.90 Å². The number of fused-ring (bicyclic) bond motifs is 1. The third-order valence-corrected chi connectivity index (χ3v) is 2.85. The summed E-state index contributed by atoms with van der Waals surface area (Å²) in [7, 11) is 0. The first-order valence-electron chi connectivity index (χ1n) is 5.45. The quantitative estimate of drug-likeness (QED) is 0.623. The fourth-order valence-corrected chi connectivity index (χ4v) is 2.06. The van der Waals surface area contributed by atoms with Gasteiger partial charge in [0.05, 0.1) is 0 Å². The number of rotatable bonds is 4. The van der Waals surface area contributed by atoms with Crippen LogP contribution < -0.4 is 11.1 Å². The van der Waals surface area contributed by atoms with E-state index in [9.17, 15) is 9.90 Å². The predicted octanol–water partition coefficient (Wildman–Crippen LogP) is 1.24. The molecule has 5 N–H and O–H groups in total. The van der Waals surface area contributed by atoms with Gasteiger partial charge in [-0.2, -0.15) is 0 Å². The normalized spacial score (nSPS) is 10.4. The van der Waals surface area contributed by atoms with Crippen LogP contribution >= 0.6 is 12.2 Å². The second-order valence-corrected chi connectivity index (χ2v) is 4.31. The summed E-state index contributed by atoms with van der Waals surface area (Å²) in [6, 6.07) is 7.49. The van der Waals surface area contributed by atoms with E-state index in [-0.39, 0.29) is 10.8 Å². The smallest absolute Gasteiger partial charge is 0.352 e. The molecule has 0 aliphatic heterocycles. The molecule has 0 aliphatic rings. The standard InChI is InChI=1S/C12H13N3O2S/c13-12(18)14-6-5-8-7-3-1-2-4-9(7)15-10(8)11(16)17/h1-4,15H,5-6H2,(H,16,17)(H3,13,14,18). The Bertz CT molecular complexity index is 606. The monoisotopic (exact) mass is 263 g/mol. The summed E-state index contributed by atoms with van der Waals surface area (Å²) < 4.78 is 0. The first-order valence-corrected chi connectivity index (χ1v) is 5.86. The van der Waals surface area contributed by atoms with Crippen LogP contribution in [0.4, 0.5) is 0 Å². The van der Waals surface area contributed by atoms with Crippen LogP contribution in [-0.2, 0) is 6.42 Å². The Morgan fingerprint density at radius 3 is 2.83 bits per heavy atom. The maximum absolute atomic E-state index is 11.2. The van der Waals surface area contributed by atoms with Gasteiger partial charge in [0.2, 0.25) is 0 Å². The van der Waals surface area contributed by atoms with Gasteiger partial charge in [0.25, 0.3) is 0 Å². The molecule has 2 aromatic rings. The highest BCUT2D eigenvalue weighted by atomic mass is 32.1. The van der Waals surface area contributed by atoms with E-state index in [0.29, 0.717) is 13.0 Å². The number of nitrogens with one attached hydrogen (secondary N) is 2. The number of aromatic amines is 1. The van der Waals surface area contributed by atoms with Crippen LogP contribution in [0.15, 0.2) is 24.3 Å². The molecule has 18 heavy (non-hydrogen) atoms. The first kappa shape index (κ1) is 12.4. The van der Waals surface area contributed by atoms with Crippen LogP contribution in [0.1, 0.15) is 16.1 Å². The summed E-state index contributed by atoms with van der Waals surface area (Å²) in [4.78, 5) is 14.1. The topological polar surface area (TPSA) is 91.1 Å². The van der Waals surface area contributed by atoms with E-state index < -0.39 is 5.97 Å². The third-order valence-electron chi connectivity index (χ3n) is 2.70. The Labute approximate surface area is 109 Å². The number of hydrogen-bond acceptors (Lipinski definition) is 2. The van der Waals surface area contributed by atoms with Crippen LogP contribution in [-0.4, -0.2) is 27.7 Å². The molecule has 6 heteroatoms. The summed E-state index contributed by atoms with van der Waals surface area (Å²) in [5.74, 6) is -0.962. The molecule has 1 aromatic heterocycles. The Balaban J connectivity index is 2.36. The second-order valence-electron chi connectivity index (χ2n) is 3.87. The van der Waals surface area contributed by atoms with E-state index in [1.165, 1.54) is 0 Å². The number of para-hydroxylation sites is 1. The van der Waals surface area contributed by atoms with Gasteiger partial charge >= 0.3 is 5.97 Å². The molecule has 0 bridgehead atoms. The van der Waals surface area contributed by atoms with Gasteiger partial charge in [-0.3, -0.25) is 0 Å². The van der Waals surface area contributed by atoms with Crippen molar-refractivity contribution in [3.63, 3.8) is 0 Å². The lowest BCUT2D eigenvalue weighted by Crippen LogP contribution is -2.30. The van der Waals surface area contributed by atoms with Crippen LogP contribution in [0.25, 0.3) is 10.9 Å². The van der Waals surface area contributed by atoms with E-state index in [0.717, 1.165) is 16.5 Å². The van der Waals surface area contributed by atoms with Gasteiger partial charge in [-0.05, 0) is 30.3 Å². The van der Waals surface area contributed by atoms with Gasteiger partial charge in [0, 0.05) is 17.4 Å². The minimum absolute atomic E-state index is 0.215. The number of H-pyrrole nitrogens is 1. The Hall–Kier alpha value is -2.08. The van der Waals surface area contributed by atoms with E-state index in [2.05, 4.69) is 10.3 Å². The Morgan fingerprint density at radius 2 is 2.17 bits per heavy atom. The number of carbonyl (C=O) groups is 1. The minimum atomic E-state index is -0.962. The van der Waals surface area contributed by atoms with Gasteiger partial charge < -0.3 is 21.1 Å². The molecule has 0 saturated carbocycles. The number of carboxylic acids is 1. The van der Waals surface area contributed by atoms with Crippen LogP contribution in [0.5, 0.6) is 0 Å². The molecule has 0 saturated heterocycles. The Morgan fingerprint density at radius 1 is 1.44 bits per heavy atom. The lowest BCUT2D eigenvalue weighted by atomic mass is 10.1. The SMILES string of the molecule is NC(=S)NCCc1c(C(=O)O)[nH]c2ccccc12. The molecule has 94 valence electrons. The zero-order chi connectivity index (χ0) is 13.1. The van der Waals surface area contributed by atoms with Crippen molar-refractivity contribution in [1.29, 1.82) is 0 Å². The minimum Gasteiger partial charge on any atom is -0.477 e. The number of thiocarbonyl (C=S) groups is 1. The largest absolute Gasteiger partial charge is 0.477 e. The van der Waals surface area contributed by atoms with Crippen molar-refractivity contribution >= 4 is 34.2 Å². The molecule has 2 rings (SSSR count). The molecule has 5 nitrogen and oxygen atoms in total. The summed E-state index contributed by atoms with van der Waals surface area (Å²) in [6.45, 7) is 0.511. The van der Waals surface area contributed by atoms with Gasteiger partial charge in [-0.25, -0.2) is 4.79 Å². The molecule has 0 spiro atoms. The molecular weight excluding hydrogens is 250 g/mol. The molecule has 0 amide bonds. The fraction of sp³-hybridized carbons (Fsp3) is 0.167. The molecule has 1 heterocycles. The van der Waals surface area contributed by atoms with E-state index in [4.69, 9.17) is 18.0 Å². The maximum atomic E-state index is 11.2. The Kier molecular flexibility index (Phi) is 3.47. The van der Waals surface area contributed by atoms with E-state index in [1.54, 1.807) is 0 Å². The maximum Gasteiger partial charge on any atom is 0.352 e. The lowest BCUT2D eigenvalue weighted by molar-refractivity contribution is 0.0690. The number of nitrogens with two attached hydrogens (primary N) is 1. The van der Waals surface area contributed by atoms with Crippen LogP contribution in [0, 0.1) is 0 Å². The highest BCUT2D eigenvalue weighted by Crippen LogP contribution is 2.22. The van der Waals surface area contributed by atoms with Crippen molar-refractivity contribution in [3.8, 4) is 0 Å². The van der Waals surface area contributed by atoms with Crippen molar-refractivity contribution in [1.82, 2.24) is 10.3 Å². The molecule has 0 aliphatic carbocycles. The third kappa shape index (κ3) is 2.43. The lowest BCUT2D eigenvalue weighted by Gasteiger charge is -2.04. The number of hydrogen-bond donors (Lipinski definition) is 4. The van der Waals surface area contributed by atoms with Gasteiger partial charge in [0.1, 0.15) is 5.69 Å². The summed E-state index contributed by atoms with van der Waals surface area (Å²) in [5.41, 5.74) is 7.15. The number of benzene rings is 1. The molecule has 0 fully saturated rings. The van der Waals surface area contributed by atoms with Crippen LogP contribution in [0.2, 0.25) is 0 Å².